The van der Waals surface area contributed by atoms with Gasteiger partial charge in [0.2, 0.25) is 0 Å². The third-order valence-corrected chi connectivity index (χ3v) is 4.10. The molecule has 1 aromatic heterocycles. The number of nitrogens with one attached hydrogen (secondary N) is 1. The van der Waals surface area contributed by atoms with E-state index in [9.17, 15) is 9.59 Å². The first-order valence-electron chi connectivity index (χ1n) is 5.66. The Balaban J connectivity index is 2.49. The molecule has 1 heterocycles. The summed E-state index contributed by atoms with van der Waals surface area (Å²) >= 11 is 2.92. The van der Waals surface area contributed by atoms with Gasteiger partial charge in [0, 0.05) is 5.75 Å². The van der Waals surface area contributed by atoms with Crippen molar-refractivity contribution in [3.8, 4) is 0 Å². The molecule has 0 aliphatic rings. The minimum Gasteiger partial charge on any atom is -0.480 e. The minimum atomic E-state index is -1.07. The molecular formula is C12H17NO4S2. The summed E-state index contributed by atoms with van der Waals surface area (Å²) in [6.07, 6.45) is -0.716. The Bertz CT molecular complexity index is 425. The second kappa shape index (κ2) is 6.81. The third-order valence-electron chi connectivity index (χ3n) is 1.88. The number of carboxylic acids is 1. The molecule has 0 fully saturated rings. The van der Waals surface area contributed by atoms with E-state index in [0.29, 0.717) is 0 Å². The topological polar surface area (TPSA) is 75.6 Å². The van der Waals surface area contributed by atoms with Crippen LogP contribution in [-0.2, 0) is 9.53 Å². The molecule has 0 aromatic carbocycles. The number of carbonyl (C=O) groups excluding carboxylic acids is 1. The van der Waals surface area contributed by atoms with Crippen molar-refractivity contribution in [1.82, 2.24) is 5.32 Å². The second-order valence-electron chi connectivity index (χ2n) is 4.78. The van der Waals surface area contributed by atoms with Crippen LogP contribution in [0, 0.1) is 0 Å². The van der Waals surface area contributed by atoms with E-state index in [1.807, 2.05) is 17.5 Å². The van der Waals surface area contributed by atoms with E-state index in [0.717, 1.165) is 4.21 Å². The SMILES string of the molecule is CC(C)(C)OC(=O)N[C@@H](CSc1cccs1)C(=O)O. The fourth-order valence-corrected chi connectivity index (χ4v) is 2.96. The summed E-state index contributed by atoms with van der Waals surface area (Å²) in [4.78, 5) is 22.6. The number of ether oxygens (including phenoxy) is 1. The van der Waals surface area contributed by atoms with Crippen LogP contribution >= 0.6 is 23.1 Å². The Morgan fingerprint density at radius 1 is 1.53 bits per heavy atom. The van der Waals surface area contributed by atoms with E-state index in [4.69, 9.17) is 9.84 Å². The van der Waals surface area contributed by atoms with Gasteiger partial charge in [-0.15, -0.1) is 23.1 Å². The molecule has 0 saturated carbocycles. The van der Waals surface area contributed by atoms with Gasteiger partial charge in [0.1, 0.15) is 11.6 Å². The first-order valence-corrected chi connectivity index (χ1v) is 7.53. The van der Waals surface area contributed by atoms with Gasteiger partial charge in [0.25, 0.3) is 0 Å². The fourth-order valence-electron chi connectivity index (χ4n) is 1.14. The lowest BCUT2D eigenvalue weighted by Gasteiger charge is -2.21. The monoisotopic (exact) mass is 303 g/mol. The molecule has 2 N–H and O–H groups in total. The maximum atomic E-state index is 11.5. The highest BCUT2D eigenvalue weighted by molar-refractivity contribution is 8.01. The lowest BCUT2D eigenvalue weighted by Crippen LogP contribution is -2.44. The number of thiophene rings is 1. The lowest BCUT2D eigenvalue weighted by atomic mass is 10.2. The Morgan fingerprint density at radius 3 is 2.68 bits per heavy atom. The highest BCUT2D eigenvalue weighted by Gasteiger charge is 2.24. The standard InChI is InChI=1S/C12H17NO4S2/c1-12(2,3)17-11(16)13-8(10(14)15)7-19-9-5-4-6-18-9/h4-6,8H,7H2,1-3H3,(H,13,16)(H,14,15)/t8-/m0/s1. The van der Waals surface area contributed by atoms with Gasteiger partial charge in [0.15, 0.2) is 0 Å². The maximum Gasteiger partial charge on any atom is 0.408 e. The molecule has 0 saturated heterocycles. The van der Waals surface area contributed by atoms with Gasteiger partial charge >= 0.3 is 12.1 Å². The van der Waals surface area contributed by atoms with Crippen molar-refractivity contribution in [2.45, 2.75) is 36.6 Å². The minimum absolute atomic E-state index is 0.259. The number of amides is 1. The van der Waals surface area contributed by atoms with Gasteiger partial charge in [-0.05, 0) is 32.2 Å². The number of hydrogen-bond acceptors (Lipinski definition) is 5. The van der Waals surface area contributed by atoms with Crippen LogP contribution in [0.3, 0.4) is 0 Å². The van der Waals surface area contributed by atoms with Crippen LogP contribution in [0.2, 0.25) is 0 Å². The number of hydrogen-bond donors (Lipinski definition) is 2. The zero-order valence-electron chi connectivity index (χ0n) is 11.0. The van der Waals surface area contributed by atoms with Gasteiger partial charge < -0.3 is 15.2 Å². The molecule has 0 aliphatic carbocycles. The summed E-state index contributed by atoms with van der Waals surface area (Å²) in [7, 11) is 0. The molecule has 0 spiro atoms. The van der Waals surface area contributed by atoms with E-state index in [2.05, 4.69) is 5.32 Å². The zero-order valence-corrected chi connectivity index (χ0v) is 12.6. The summed E-state index contributed by atoms with van der Waals surface area (Å²) in [6, 6.07) is 2.83. The van der Waals surface area contributed by atoms with Crippen LogP contribution in [0.15, 0.2) is 21.7 Å². The predicted octanol–water partition coefficient (Wildman–Crippen LogP) is 2.82. The number of aliphatic carboxylic acids is 1. The van der Waals surface area contributed by atoms with Crippen molar-refractivity contribution in [3.63, 3.8) is 0 Å². The predicted molar refractivity (Wildman–Crippen MR) is 75.8 cm³/mol. The molecule has 7 heteroatoms. The van der Waals surface area contributed by atoms with Crippen LogP contribution in [0.25, 0.3) is 0 Å². The lowest BCUT2D eigenvalue weighted by molar-refractivity contribution is -0.138. The van der Waals surface area contributed by atoms with E-state index >= 15 is 0 Å². The summed E-state index contributed by atoms with van der Waals surface area (Å²) in [5, 5.41) is 13.3. The highest BCUT2D eigenvalue weighted by Crippen LogP contribution is 2.24. The molecule has 1 aromatic rings. The van der Waals surface area contributed by atoms with E-state index < -0.39 is 23.7 Å². The van der Waals surface area contributed by atoms with Crippen molar-refractivity contribution in [2.75, 3.05) is 5.75 Å². The van der Waals surface area contributed by atoms with Gasteiger partial charge in [0.05, 0.1) is 4.21 Å². The van der Waals surface area contributed by atoms with Crippen molar-refractivity contribution >= 4 is 35.2 Å². The number of carbonyl (C=O) groups is 2. The van der Waals surface area contributed by atoms with Crippen molar-refractivity contribution in [1.29, 1.82) is 0 Å². The first-order chi connectivity index (χ1) is 8.78. The van der Waals surface area contributed by atoms with Crippen LogP contribution in [-0.4, -0.2) is 34.6 Å². The van der Waals surface area contributed by atoms with Crippen molar-refractivity contribution in [3.05, 3.63) is 17.5 Å². The van der Waals surface area contributed by atoms with Crippen LogP contribution < -0.4 is 5.32 Å². The van der Waals surface area contributed by atoms with Crippen LogP contribution in [0.4, 0.5) is 4.79 Å². The summed E-state index contributed by atoms with van der Waals surface area (Å²) in [5.41, 5.74) is -0.645. The summed E-state index contributed by atoms with van der Waals surface area (Å²) in [6.45, 7) is 5.17. The number of alkyl carbamates (subject to hydrolysis) is 1. The number of rotatable bonds is 5. The molecule has 1 atom stereocenters. The largest absolute Gasteiger partial charge is 0.480 e. The molecule has 0 bridgehead atoms. The van der Waals surface area contributed by atoms with Gasteiger partial charge in [-0.2, -0.15) is 0 Å². The summed E-state index contributed by atoms with van der Waals surface area (Å²) in [5.74, 6) is -0.815. The Hall–Kier alpha value is -1.21. The average molecular weight is 303 g/mol. The molecule has 0 radical (unpaired) electrons. The van der Waals surface area contributed by atoms with E-state index in [1.54, 1.807) is 20.8 Å². The number of thioether (sulfide) groups is 1. The van der Waals surface area contributed by atoms with Crippen molar-refractivity contribution in [2.24, 2.45) is 0 Å². The highest BCUT2D eigenvalue weighted by atomic mass is 32.2. The molecule has 19 heavy (non-hydrogen) atoms. The quantitative estimate of drug-likeness (QED) is 0.818. The smallest absolute Gasteiger partial charge is 0.408 e. The molecule has 106 valence electrons. The van der Waals surface area contributed by atoms with E-state index in [-0.39, 0.29) is 5.75 Å². The van der Waals surface area contributed by atoms with E-state index in [1.165, 1.54) is 23.1 Å². The third kappa shape index (κ3) is 6.49. The van der Waals surface area contributed by atoms with Crippen molar-refractivity contribution < 1.29 is 19.4 Å². The fraction of sp³-hybridized carbons (Fsp3) is 0.500. The van der Waals surface area contributed by atoms with Crippen LogP contribution in [0.1, 0.15) is 20.8 Å². The zero-order chi connectivity index (χ0) is 14.5. The Labute approximate surface area is 120 Å². The molecule has 0 unspecified atom stereocenters. The maximum absolute atomic E-state index is 11.5. The van der Waals surface area contributed by atoms with Gasteiger partial charge in [-0.25, -0.2) is 9.59 Å². The average Bonchev–Trinajstić information content (AvgIpc) is 2.73. The molecule has 0 aliphatic heterocycles. The van der Waals surface area contributed by atoms with Gasteiger partial charge in [-0.3, -0.25) is 0 Å². The molecule has 1 amide bonds. The van der Waals surface area contributed by atoms with Crippen LogP contribution in [0.5, 0.6) is 0 Å². The normalized spacial score (nSPS) is 12.8. The second-order valence-corrected chi connectivity index (χ2v) is 7.05. The Kier molecular flexibility index (Phi) is 5.68. The van der Waals surface area contributed by atoms with Gasteiger partial charge in [-0.1, -0.05) is 6.07 Å². The number of carboxylic acid groups (broad SMARTS) is 1. The molecular weight excluding hydrogens is 286 g/mol. The molecule has 1 rings (SSSR count). The molecule has 5 nitrogen and oxygen atoms in total. The first kappa shape index (κ1) is 15.8. The summed E-state index contributed by atoms with van der Waals surface area (Å²) < 4.78 is 6.05. The Morgan fingerprint density at radius 2 is 2.21 bits per heavy atom.